The largest absolute Gasteiger partial charge is 0.396 e. The van der Waals surface area contributed by atoms with Crippen LogP contribution in [-0.2, 0) is 9.59 Å². The zero-order valence-electron chi connectivity index (χ0n) is 11.4. The second-order valence-corrected chi connectivity index (χ2v) is 7.11. The molecule has 0 saturated heterocycles. The molecule has 3 fully saturated rings. The van der Waals surface area contributed by atoms with Crippen molar-refractivity contribution in [3.05, 3.63) is 0 Å². The Morgan fingerprint density at radius 2 is 1.94 bits per heavy atom. The first-order valence-corrected chi connectivity index (χ1v) is 7.03. The minimum absolute atomic E-state index is 0.00269. The van der Waals surface area contributed by atoms with Crippen LogP contribution >= 0.6 is 0 Å². The van der Waals surface area contributed by atoms with Crippen molar-refractivity contribution in [1.82, 2.24) is 0 Å². The van der Waals surface area contributed by atoms with Gasteiger partial charge in [0.2, 0.25) is 0 Å². The highest BCUT2D eigenvalue weighted by atomic mass is 16.3. The summed E-state index contributed by atoms with van der Waals surface area (Å²) in [6, 6.07) is 0. The van der Waals surface area contributed by atoms with Crippen molar-refractivity contribution in [2.45, 2.75) is 40.0 Å². The molecule has 0 radical (unpaired) electrons. The van der Waals surface area contributed by atoms with Crippen molar-refractivity contribution in [2.75, 3.05) is 6.61 Å². The fraction of sp³-hybridized carbons (Fsp3) is 0.867. The van der Waals surface area contributed by atoms with Gasteiger partial charge in [-0.1, -0.05) is 20.8 Å². The minimum atomic E-state index is -0.271. The SMILES string of the molecule is CC1CCC(=O)C2CC(=O)C3C(C3(C)CO)C12C. The van der Waals surface area contributed by atoms with E-state index in [2.05, 4.69) is 13.8 Å². The average Bonchev–Trinajstić information content (AvgIpc) is 2.98. The van der Waals surface area contributed by atoms with Gasteiger partial charge in [0.15, 0.2) is 0 Å². The van der Waals surface area contributed by atoms with E-state index in [1.165, 1.54) is 0 Å². The lowest BCUT2D eigenvalue weighted by molar-refractivity contribution is -0.144. The molecule has 3 nitrogen and oxygen atoms in total. The Labute approximate surface area is 108 Å². The Hall–Kier alpha value is -0.700. The summed E-state index contributed by atoms with van der Waals surface area (Å²) < 4.78 is 0. The van der Waals surface area contributed by atoms with Gasteiger partial charge < -0.3 is 5.11 Å². The Bertz CT molecular complexity index is 429. The van der Waals surface area contributed by atoms with E-state index in [-0.39, 0.29) is 46.8 Å². The molecule has 0 aromatic heterocycles. The highest BCUT2D eigenvalue weighted by molar-refractivity contribution is 5.94. The van der Waals surface area contributed by atoms with E-state index in [9.17, 15) is 14.7 Å². The predicted molar refractivity (Wildman–Crippen MR) is 66.8 cm³/mol. The molecule has 0 bridgehead atoms. The summed E-state index contributed by atoms with van der Waals surface area (Å²) in [5, 5.41) is 9.63. The molecule has 0 amide bonds. The molecule has 3 saturated carbocycles. The van der Waals surface area contributed by atoms with Crippen molar-refractivity contribution in [3.63, 3.8) is 0 Å². The number of ketones is 2. The van der Waals surface area contributed by atoms with Gasteiger partial charge in [0.25, 0.3) is 0 Å². The minimum Gasteiger partial charge on any atom is -0.396 e. The Kier molecular flexibility index (Phi) is 2.36. The van der Waals surface area contributed by atoms with E-state index in [1.54, 1.807) is 0 Å². The van der Waals surface area contributed by atoms with E-state index in [4.69, 9.17) is 0 Å². The van der Waals surface area contributed by atoms with Crippen LogP contribution in [0, 0.1) is 34.5 Å². The molecule has 3 aliphatic carbocycles. The second-order valence-electron chi connectivity index (χ2n) is 7.11. The molecule has 0 aromatic carbocycles. The van der Waals surface area contributed by atoms with E-state index in [0.29, 0.717) is 18.8 Å². The molecule has 1 N–H and O–H groups in total. The molecule has 3 heteroatoms. The maximum Gasteiger partial charge on any atom is 0.137 e. The van der Waals surface area contributed by atoms with Crippen molar-refractivity contribution < 1.29 is 14.7 Å². The maximum atomic E-state index is 12.2. The third-order valence-corrected chi connectivity index (χ3v) is 6.43. The van der Waals surface area contributed by atoms with Gasteiger partial charge in [0.05, 0.1) is 0 Å². The molecule has 100 valence electrons. The van der Waals surface area contributed by atoms with Crippen LogP contribution in [0.1, 0.15) is 40.0 Å². The van der Waals surface area contributed by atoms with Crippen molar-refractivity contribution >= 4 is 11.6 Å². The number of Topliss-reactive ketones (excluding diaryl/α,β-unsaturated/α-hetero) is 2. The molecule has 6 atom stereocenters. The molecule has 3 rings (SSSR count). The predicted octanol–water partition coefficient (Wildman–Crippen LogP) is 1.83. The van der Waals surface area contributed by atoms with E-state index < -0.39 is 0 Å². The fourth-order valence-electron chi connectivity index (χ4n) is 5.10. The molecule has 6 unspecified atom stereocenters. The highest BCUT2D eigenvalue weighted by Crippen LogP contribution is 2.74. The first-order valence-electron chi connectivity index (χ1n) is 7.03. The van der Waals surface area contributed by atoms with E-state index in [1.807, 2.05) is 6.92 Å². The van der Waals surface area contributed by atoms with Gasteiger partial charge in [-0.2, -0.15) is 0 Å². The number of rotatable bonds is 1. The Morgan fingerprint density at radius 3 is 2.56 bits per heavy atom. The summed E-state index contributed by atoms with van der Waals surface area (Å²) in [6.45, 7) is 6.48. The molecule has 18 heavy (non-hydrogen) atoms. The Morgan fingerprint density at radius 1 is 1.28 bits per heavy atom. The molecule has 3 aliphatic rings. The smallest absolute Gasteiger partial charge is 0.137 e. The fourth-order valence-corrected chi connectivity index (χ4v) is 5.10. The number of aliphatic hydroxyl groups is 1. The summed E-state index contributed by atoms with van der Waals surface area (Å²) in [4.78, 5) is 24.4. The van der Waals surface area contributed by atoms with Crippen LogP contribution in [-0.4, -0.2) is 23.3 Å². The van der Waals surface area contributed by atoms with Gasteiger partial charge in [-0.3, -0.25) is 9.59 Å². The maximum absolute atomic E-state index is 12.2. The number of hydrogen-bond acceptors (Lipinski definition) is 3. The van der Waals surface area contributed by atoms with Crippen LogP contribution in [0.4, 0.5) is 0 Å². The Balaban J connectivity index is 2.05. The second kappa shape index (κ2) is 3.44. The van der Waals surface area contributed by atoms with E-state index >= 15 is 0 Å². The zero-order valence-corrected chi connectivity index (χ0v) is 11.4. The first kappa shape index (κ1) is 12.3. The van der Waals surface area contributed by atoms with Crippen molar-refractivity contribution in [1.29, 1.82) is 0 Å². The van der Waals surface area contributed by atoms with Crippen LogP contribution in [0.2, 0.25) is 0 Å². The first-order chi connectivity index (χ1) is 8.37. The summed E-state index contributed by atoms with van der Waals surface area (Å²) >= 11 is 0. The van der Waals surface area contributed by atoms with Gasteiger partial charge >= 0.3 is 0 Å². The number of hydrogen-bond donors (Lipinski definition) is 1. The van der Waals surface area contributed by atoms with E-state index in [0.717, 1.165) is 6.42 Å². The van der Waals surface area contributed by atoms with Crippen LogP contribution in [0.5, 0.6) is 0 Å². The third kappa shape index (κ3) is 1.19. The molecule has 0 aliphatic heterocycles. The van der Waals surface area contributed by atoms with Crippen LogP contribution < -0.4 is 0 Å². The molecular weight excluding hydrogens is 228 g/mol. The number of carbonyl (C=O) groups excluding carboxylic acids is 2. The van der Waals surface area contributed by atoms with Gasteiger partial charge in [0, 0.05) is 36.7 Å². The average molecular weight is 250 g/mol. The lowest BCUT2D eigenvalue weighted by Crippen LogP contribution is -2.49. The quantitative estimate of drug-likeness (QED) is 0.772. The van der Waals surface area contributed by atoms with Gasteiger partial charge in [-0.05, 0) is 23.7 Å². The summed E-state index contributed by atoms with van der Waals surface area (Å²) in [5.41, 5.74) is -0.349. The molecule has 0 aromatic rings. The summed E-state index contributed by atoms with van der Waals surface area (Å²) in [6.07, 6.45) is 1.98. The van der Waals surface area contributed by atoms with Crippen molar-refractivity contribution in [2.24, 2.45) is 34.5 Å². The van der Waals surface area contributed by atoms with Gasteiger partial charge in [-0.25, -0.2) is 0 Å². The summed E-state index contributed by atoms with van der Waals surface area (Å²) in [7, 11) is 0. The number of fused-ring (bicyclic) bond motifs is 3. The summed E-state index contributed by atoms with van der Waals surface area (Å²) in [5.74, 6) is 1.06. The van der Waals surface area contributed by atoms with Crippen LogP contribution in [0.15, 0.2) is 0 Å². The van der Waals surface area contributed by atoms with Gasteiger partial charge in [0.1, 0.15) is 11.6 Å². The highest BCUT2D eigenvalue weighted by Gasteiger charge is 2.75. The molecule has 0 heterocycles. The molecule has 0 spiro atoms. The third-order valence-electron chi connectivity index (χ3n) is 6.43. The normalized spacial score (nSPS) is 54.9. The number of carbonyl (C=O) groups is 2. The number of aliphatic hydroxyl groups excluding tert-OH is 1. The lowest BCUT2D eigenvalue weighted by Gasteiger charge is -2.48. The van der Waals surface area contributed by atoms with Crippen molar-refractivity contribution in [3.8, 4) is 0 Å². The van der Waals surface area contributed by atoms with Crippen LogP contribution in [0.3, 0.4) is 0 Å². The van der Waals surface area contributed by atoms with Gasteiger partial charge in [-0.15, -0.1) is 0 Å². The monoisotopic (exact) mass is 250 g/mol. The molecular formula is C15H22O3. The standard InChI is InChI=1S/C15H22O3/c1-8-4-5-10(17)9-6-11(18)12-13(15(8,9)3)14(12,2)7-16/h8-9,12-13,16H,4-7H2,1-3H3. The zero-order chi connectivity index (χ0) is 13.3. The lowest BCUT2D eigenvalue weighted by atomic mass is 9.54. The van der Waals surface area contributed by atoms with Crippen LogP contribution in [0.25, 0.3) is 0 Å². The topological polar surface area (TPSA) is 54.4 Å².